The SMILES string of the molecule is N#Cc1c(-c2ccccc2)cc(-c2ccccc2)nc1SCCC(=O)Nc1ccc(F)cc1. The van der Waals surface area contributed by atoms with Gasteiger partial charge in [0.15, 0.2) is 0 Å². The number of carbonyl (C=O) groups is 1. The van der Waals surface area contributed by atoms with E-state index in [1.807, 2.05) is 66.7 Å². The maximum absolute atomic E-state index is 13.0. The molecule has 0 saturated carbocycles. The Kier molecular flexibility index (Phi) is 7.13. The van der Waals surface area contributed by atoms with Crippen molar-refractivity contribution in [2.45, 2.75) is 11.4 Å². The molecule has 0 aliphatic heterocycles. The van der Waals surface area contributed by atoms with Crippen LogP contribution in [0.3, 0.4) is 0 Å². The Morgan fingerprint density at radius 1 is 0.939 bits per heavy atom. The summed E-state index contributed by atoms with van der Waals surface area (Å²) in [6.07, 6.45) is 0.227. The van der Waals surface area contributed by atoms with E-state index in [9.17, 15) is 14.4 Å². The summed E-state index contributed by atoms with van der Waals surface area (Å²) in [7, 11) is 0. The van der Waals surface area contributed by atoms with Crippen LogP contribution in [0.5, 0.6) is 0 Å². The predicted octanol–water partition coefficient (Wildman–Crippen LogP) is 6.55. The maximum Gasteiger partial charge on any atom is 0.225 e. The Bertz CT molecular complexity index is 1290. The van der Waals surface area contributed by atoms with E-state index in [0.29, 0.717) is 22.0 Å². The lowest BCUT2D eigenvalue weighted by atomic mass is 9.99. The molecule has 0 aliphatic carbocycles. The van der Waals surface area contributed by atoms with Crippen LogP contribution in [0, 0.1) is 17.1 Å². The van der Waals surface area contributed by atoms with Crippen molar-refractivity contribution in [3.8, 4) is 28.5 Å². The zero-order valence-corrected chi connectivity index (χ0v) is 18.5. The van der Waals surface area contributed by atoms with Gasteiger partial charge in [-0.05, 0) is 35.9 Å². The van der Waals surface area contributed by atoms with Crippen molar-refractivity contribution in [1.29, 1.82) is 5.26 Å². The standard InChI is InChI=1S/C27H20FN3OS/c28-21-11-13-22(14-12-21)30-26(32)15-16-33-27-24(18-29)23(19-7-3-1-4-8-19)17-25(31-27)20-9-5-2-6-10-20/h1-14,17H,15-16H2,(H,30,32). The zero-order chi connectivity index (χ0) is 23.0. The van der Waals surface area contributed by atoms with Gasteiger partial charge in [-0.2, -0.15) is 5.26 Å². The van der Waals surface area contributed by atoms with Crippen LogP contribution in [0.25, 0.3) is 22.4 Å². The van der Waals surface area contributed by atoms with Crippen LogP contribution in [0.15, 0.2) is 96.0 Å². The molecule has 0 saturated heterocycles. The van der Waals surface area contributed by atoms with Gasteiger partial charge in [-0.15, -0.1) is 11.8 Å². The highest BCUT2D eigenvalue weighted by Gasteiger charge is 2.16. The largest absolute Gasteiger partial charge is 0.326 e. The molecule has 1 amide bonds. The molecule has 0 unspecified atom stereocenters. The number of rotatable bonds is 7. The van der Waals surface area contributed by atoms with E-state index in [1.54, 1.807) is 0 Å². The molecule has 1 N–H and O–H groups in total. The Hall–Kier alpha value is -3.95. The fourth-order valence-corrected chi connectivity index (χ4v) is 4.28. The van der Waals surface area contributed by atoms with E-state index in [0.717, 1.165) is 22.4 Å². The summed E-state index contributed by atoms with van der Waals surface area (Å²) in [5.41, 5.74) is 4.50. The van der Waals surface area contributed by atoms with Gasteiger partial charge < -0.3 is 5.32 Å². The summed E-state index contributed by atoms with van der Waals surface area (Å²) in [5, 5.41) is 13.3. The lowest BCUT2D eigenvalue weighted by Gasteiger charge is -2.12. The number of hydrogen-bond acceptors (Lipinski definition) is 4. The minimum atomic E-state index is -0.355. The fourth-order valence-electron chi connectivity index (χ4n) is 3.33. The first-order valence-corrected chi connectivity index (χ1v) is 11.4. The van der Waals surface area contributed by atoms with E-state index in [2.05, 4.69) is 11.4 Å². The number of pyridine rings is 1. The van der Waals surface area contributed by atoms with Gasteiger partial charge in [-0.25, -0.2) is 9.37 Å². The summed E-state index contributed by atoms with van der Waals surface area (Å²) in [4.78, 5) is 17.1. The zero-order valence-electron chi connectivity index (χ0n) is 17.7. The van der Waals surface area contributed by atoms with Crippen LogP contribution in [-0.4, -0.2) is 16.6 Å². The first-order valence-electron chi connectivity index (χ1n) is 10.4. The van der Waals surface area contributed by atoms with E-state index in [-0.39, 0.29) is 18.1 Å². The molecule has 0 atom stereocenters. The third-order valence-electron chi connectivity index (χ3n) is 4.95. The van der Waals surface area contributed by atoms with E-state index >= 15 is 0 Å². The molecule has 1 aromatic heterocycles. The third kappa shape index (κ3) is 5.65. The van der Waals surface area contributed by atoms with Gasteiger partial charge in [0.1, 0.15) is 16.9 Å². The van der Waals surface area contributed by atoms with Crippen LogP contribution in [0.4, 0.5) is 10.1 Å². The number of aromatic nitrogens is 1. The first kappa shape index (κ1) is 22.3. The molecule has 4 nitrogen and oxygen atoms in total. The number of benzene rings is 3. The van der Waals surface area contributed by atoms with Crippen molar-refractivity contribution in [1.82, 2.24) is 4.98 Å². The fraction of sp³-hybridized carbons (Fsp3) is 0.0741. The average molecular weight is 454 g/mol. The van der Waals surface area contributed by atoms with Crippen molar-refractivity contribution >= 4 is 23.4 Å². The molecule has 1 heterocycles. The lowest BCUT2D eigenvalue weighted by Crippen LogP contribution is -2.12. The number of halogens is 1. The molecule has 0 radical (unpaired) electrons. The molecular weight excluding hydrogens is 433 g/mol. The molecule has 0 bridgehead atoms. The van der Waals surface area contributed by atoms with Crippen molar-refractivity contribution in [3.05, 3.63) is 102 Å². The van der Waals surface area contributed by atoms with Crippen LogP contribution in [0.1, 0.15) is 12.0 Å². The number of nitrogens with one attached hydrogen (secondary N) is 1. The second kappa shape index (κ2) is 10.6. The Balaban J connectivity index is 1.58. The summed E-state index contributed by atoms with van der Waals surface area (Å²) < 4.78 is 13.0. The number of anilines is 1. The minimum Gasteiger partial charge on any atom is -0.326 e. The Labute approximate surface area is 196 Å². The molecule has 4 aromatic rings. The first-order chi connectivity index (χ1) is 16.1. The summed E-state index contributed by atoms with van der Waals surface area (Å²) in [6, 6.07) is 29.4. The predicted molar refractivity (Wildman–Crippen MR) is 130 cm³/mol. The number of hydrogen-bond donors (Lipinski definition) is 1. The topological polar surface area (TPSA) is 65.8 Å². The van der Waals surface area contributed by atoms with Gasteiger partial charge in [-0.3, -0.25) is 4.79 Å². The number of nitriles is 1. The second-order valence-corrected chi connectivity index (χ2v) is 8.32. The van der Waals surface area contributed by atoms with Crippen molar-refractivity contribution in [3.63, 3.8) is 0 Å². The Morgan fingerprint density at radius 2 is 1.58 bits per heavy atom. The smallest absolute Gasteiger partial charge is 0.225 e. The number of thioether (sulfide) groups is 1. The highest BCUT2D eigenvalue weighted by molar-refractivity contribution is 7.99. The van der Waals surface area contributed by atoms with Crippen molar-refractivity contribution < 1.29 is 9.18 Å². The Morgan fingerprint density at radius 3 is 2.21 bits per heavy atom. The highest BCUT2D eigenvalue weighted by atomic mass is 32.2. The molecule has 3 aromatic carbocycles. The van der Waals surface area contributed by atoms with Gasteiger partial charge in [0.2, 0.25) is 5.91 Å². The van der Waals surface area contributed by atoms with Crippen LogP contribution in [0.2, 0.25) is 0 Å². The van der Waals surface area contributed by atoms with Gasteiger partial charge in [-0.1, -0.05) is 60.7 Å². The molecular formula is C27H20FN3OS. The monoisotopic (exact) mass is 453 g/mol. The van der Waals surface area contributed by atoms with E-state index in [1.165, 1.54) is 36.0 Å². The highest BCUT2D eigenvalue weighted by Crippen LogP contribution is 2.34. The van der Waals surface area contributed by atoms with E-state index in [4.69, 9.17) is 4.98 Å². The molecule has 0 aliphatic rings. The van der Waals surface area contributed by atoms with Crippen molar-refractivity contribution in [2.75, 3.05) is 11.1 Å². The minimum absolute atomic E-state index is 0.185. The quantitative estimate of drug-likeness (QED) is 0.322. The number of carbonyl (C=O) groups excluding carboxylic acids is 1. The van der Waals surface area contributed by atoms with Crippen LogP contribution >= 0.6 is 11.8 Å². The third-order valence-corrected chi connectivity index (χ3v) is 5.93. The van der Waals surface area contributed by atoms with Crippen LogP contribution in [-0.2, 0) is 4.79 Å². The van der Waals surface area contributed by atoms with Gasteiger partial charge >= 0.3 is 0 Å². The second-order valence-electron chi connectivity index (χ2n) is 7.23. The molecule has 33 heavy (non-hydrogen) atoms. The summed E-state index contributed by atoms with van der Waals surface area (Å²) >= 11 is 1.38. The number of amides is 1. The normalized spacial score (nSPS) is 10.4. The molecule has 0 fully saturated rings. The van der Waals surface area contributed by atoms with E-state index < -0.39 is 0 Å². The molecule has 162 valence electrons. The summed E-state index contributed by atoms with van der Waals surface area (Å²) in [5.74, 6) is -0.0949. The lowest BCUT2D eigenvalue weighted by molar-refractivity contribution is -0.115. The van der Waals surface area contributed by atoms with Gasteiger partial charge in [0.05, 0.1) is 11.3 Å². The molecule has 0 spiro atoms. The van der Waals surface area contributed by atoms with Gasteiger partial charge in [0.25, 0.3) is 0 Å². The molecule has 4 rings (SSSR count). The van der Waals surface area contributed by atoms with Crippen molar-refractivity contribution in [2.24, 2.45) is 0 Å². The summed E-state index contributed by atoms with van der Waals surface area (Å²) in [6.45, 7) is 0. The average Bonchev–Trinajstić information content (AvgIpc) is 2.86. The molecule has 6 heteroatoms. The maximum atomic E-state index is 13.0. The number of nitrogens with zero attached hydrogens (tertiary/aromatic N) is 2. The van der Waals surface area contributed by atoms with Crippen LogP contribution < -0.4 is 5.32 Å². The van der Waals surface area contributed by atoms with Gasteiger partial charge in [0, 0.05) is 29.0 Å².